The summed E-state index contributed by atoms with van der Waals surface area (Å²) in [6.45, 7) is 0. The summed E-state index contributed by atoms with van der Waals surface area (Å²) in [6.07, 6.45) is -0.344. The minimum atomic E-state index is -0.344. The lowest BCUT2D eigenvalue weighted by Crippen LogP contribution is -2.33. The molecule has 11 rings (SSSR count). The summed E-state index contributed by atoms with van der Waals surface area (Å²) in [5, 5.41) is 12.7. The van der Waals surface area contributed by atoms with Crippen LogP contribution in [-0.2, 0) is 0 Å². The topological polar surface area (TPSA) is 63.0 Å². The number of benzene rings is 8. The zero-order valence-corrected chi connectivity index (χ0v) is 27.9. The highest BCUT2D eigenvalue weighted by molar-refractivity contribution is 6.22. The van der Waals surface area contributed by atoms with E-state index in [0.717, 1.165) is 88.3 Å². The number of nitrogens with one attached hydrogen (secondary N) is 1. The summed E-state index contributed by atoms with van der Waals surface area (Å²) in [7, 11) is 0. The van der Waals surface area contributed by atoms with Gasteiger partial charge in [-0.1, -0.05) is 121 Å². The molecule has 5 nitrogen and oxygen atoms in total. The van der Waals surface area contributed by atoms with E-state index in [1.807, 2.05) is 48.5 Å². The van der Waals surface area contributed by atoms with Crippen molar-refractivity contribution in [1.29, 1.82) is 0 Å². The SMILES string of the molecule is c1ccc2cc(C3N=C(c4cccc5oc6ccccc6c45)N=C(c4ccc5cc(-c6cccc7oc8ccccc8c67)ccc5c4)N3)ccc2c1. The Morgan fingerprint density at radius 2 is 1.00 bits per heavy atom. The van der Waals surface area contributed by atoms with Gasteiger partial charge in [0.15, 0.2) is 5.84 Å². The smallest absolute Gasteiger partial charge is 0.160 e. The summed E-state index contributed by atoms with van der Waals surface area (Å²) >= 11 is 0. The molecule has 10 aromatic rings. The number of rotatable bonds is 4. The minimum absolute atomic E-state index is 0.344. The first kappa shape index (κ1) is 28.8. The Hall–Kier alpha value is -6.98. The lowest BCUT2D eigenvalue weighted by atomic mass is 9.96. The number of amidine groups is 2. The first-order valence-electron chi connectivity index (χ1n) is 17.5. The van der Waals surface area contributed by atoms with Crippen LogP contribution in [0, 0.1) is 0 Å². The summed E-state index contributed by atoms with van der Waals surface area (Å²) in [4.78, 5) is 10.5. The van der Waals surface area contributed by atoms with Crippen molar-refractivity contribution in [3.05, 3.63) is 180 Å². The predicted octanol–water partition coefficient (Wildman–Crippen LogP) is 12.0. The van der Waals surface area contributed by atoms with Crippen molar-refractivity contribution in [3.8, 4) is 11.1 Å². The number of hydrogen-bond acceptors (Lipinski definition) is 5. The van der Waals surface area contributed by atoms with Gasteiger partial charge >= 0.3 is 0 Å². The molecule has 0 saturated heterocycles. The molecular formula is C47H29N3O2. The molecule has 0 radical (unpaired) electrons. The zero-order valence-electron chi connectivity index (χ0n) is 27.9. The first-order chi connectivity index (χ1) is 25.7. The van der Waals surface area contributed by atoms with Crippen LogP contribution in [0.1, 0.15) is 22.9 Å². The summed E-state index contributed by atoms with van der Waals surface area (Å²) in [5.74, 6) is 1.44. The van der Waals surface area contributed by atoms with Crippen LogP contribution in [0.4, 0.5) is 0 Å². The predicted molar refractivity (Wildman–Crippen MR) is 213 cm³/mol. The molecule has 0 spiro atoms. The second-order valence-corrected chi connectivity index (χ2v) is 13.4. The zero-order chi connectivity index (χ0) is 34.2. The van der Waals surface area contributed by atoms with Gasteiger partial charge in [-0.25, -0.2) is 9.98 Å². The first-order valence-corrected chi connectivity index (χ1v) is 17.5. The van der Waals surface area contributed by atoms with Crippen LogP contribution in [0.25, 0.3) is 76.5 Å². The van der Waals surface area contributed by atoms with Crippen molar-refractivity contribution in [2.24, 2.45) is 9.98 Å². The lowest BCUT2D eigenvalue weighted by molar-refractivity contribution is 0.668. The standard InChI is InChI=1S/C47H29N3O2/c1-2-10-29-26-33(23-19-28(29)9-1)45-48-46(50-47(49-45)38-14-8-18-42-44(38)37-12-4-6-16-40(37)52-42)34-24-21-30-25-32(22-20-31(30)27-34)35-13-7-17-41-43(35)36-11-3-5-15-39(36)51-41/h1-27,45H,(H,48,49,50). The Morgan fingerprint density at radius 1 is 0.442 bits per heavy atom. The van der Waals surface area contributed by atoms with E-state index in [1.165, 1.54) is 10.8 Å². The van der Waals surface area contributed by atoms with E-state index in [1.54, 1.807) is 0 Å². The molecule has 1 aliphatic rings. The highest BCUT2D eigenvalue weighted by Crippen LogP contribution is 2.38. The maximum atomic E-state index is 6.26. The Balaban J connectivity index is 1.04. The third kappa shape index (κ3) is 4.56. The van der Waals surface area contributed by atoms with Gasteiger partial charge in [0.2, 0.25) is 0 Å². The fraction of sp³-hybridized carbons (Fsp3) is 0.0213. The van der Waals surface area contributed by atoms with E-state index < -0.39 is 0 Å². The molecular weight excluding hydrogens is 639 g/mol. The van der Waals surface area contributed by atoms with Gasteiger partial charge in [0, 0.05) is 32.7 Å². The number of nitrogens with zero attached hydrogens (tertiary/aromatic N) is 2. The molecule has 1 aliphatic heterocycles. The van der Waals surface area contributed by atoms with Gasteiger partial charge < -0.3 is 14.2 Å². The molecule has 2 aromatic heterocycles. The third-order valence-corrected chi connectivity index (χ3v) is 10.3. The Bertz CT molecular complexity index is 3130. The highest BCUT2D eigenvalue weighted by atomic mass is 16.3. The van der Waals surface area contributed by atoms with Crippen LogP contribution in [-0.4, -0.2) is 11.7 Å². The van der Waals surface area contributed by atoms with Gasteiger partial charge in [-0.3, -0.25) is 0 Å². The molecule has 1 unspecified atom stereocenters. The van der Waals surface area contributed by atoms with Crippen LogP contribution < -0.4 is 5.32 Å². The summed E-state index contributed by atoms with van der Waals surface area (Å²) < 4.78 is 12.5. The molecule has 0 amide bonds. The molecule has 8 aromatic carbocycles. The average molecular weight is 668 g/mol. The number of furan rings is 2. The van der Waals surface area contributed by atoms with Crippen molar-refractivity contribution in [2.75, 3.05) is 0 Å². The van der Waals surface area contributed by atoms with E-state index >= 15 is 0 Å². The van der Waals surface area contributed by atoms with Crippen LogP contribution in [0.3, 0.4) is 0 Å². The quantitative estimate of drug-likeness (QED) is 0.203. The van der Waals surface area contributed by atoms with Gasteiger partial charge in [-0.15, -0.1) is 0 Å². The van der Waals surface area contributed by atoms with Crippen molar-refractivity contribution < 1.29 is 8.83 Å². The van der Waals surface area contributed by atoms with Crippen LogP contribution in [0.5, 0.6) is 0 Å². The van der Waals surface area contributed by atoms with Gasteiger partial charge in [0.25, 0.3) is 0 Å². The average Bonchev–Trinajstić information content (AvgIpc) is 3.79. The monoisotopic (exact) mass is 667 g/mol. The number of fused-ring (bicyclic) bond motifs is 8. The maximum Gasteiger partial charge on any atom is 0.160 e. The molecule has 0 aliphatic carbocycles. The molecule has 3 heterocycles. The lowest BCUT2D eigenvalue weighted by Gasteiger charge is -2.24. The molecule has 0 fully saturated rings. The number of aliphatic imine (C=N–C) groups is 2. The molecule has 52 heavy (non-hydrogen) atoms. The van der Waals surface area contributed by atoms with E-state index in [0.29, 0.717) is 5.84 Å². The van der Waals surface area contributed by atoms with E-state index in [-0.39, 0.29) is 6.17 Å². The Labute approximate surface area is 298 Å². The van der Waals surface area contributed by atoms with Crippen molar-refractivity contribution in [1.82, 2.24) is 5.32 Å². The van der Waals surface area contributed by atoms with E-state index in [9.17, 15) is 0 Å². The molecule has 1 atom stereocenters. The fourth-order valence-electron chi connectivity index (χ4n) is 7.80. The van der Waals surface area contributed by atoms with Gasteiger partial charge in [0.05, 0.1) is 0 Å². The number of para-hydroxylation sites is 2. The van der Waals surface area contributed by atoms with Gasteiger partial charge in [-0.2, -0.15) is 0 Å². The maximum absolute atomic E-state index is 6.26. The minimum Gasteiger partial charge on any atom is -0.456 e. The number of hydrogen-bond donors (Lipinski definition) is 1. The van der Waals surface area contributed by atoms with Crippen molar-refractivity contribution in [3.63, 3.8) is 0 Å². The van der Waals surface area contributed by atoms with Crippen molar-refractivity contribution >= 4 is 77.1 Å². The van der Waals surface area contributed by atoms with Crippen LogP contribution in [0.15, 0.2) is 183 Å². The molecule has 0 saturated carbocycles. The summed E-state index contributed by atoms with van der Waals surface area (Å²) in [5.41, 5.74) is 8.78. The van der Waals surface area contributed by atoms with Gasteiger partial charge in [-0.05, 0) is 80.7 Å². The highest BCUT2D eigenvalue weighted by Gasteiger charge is 2.24. The molecule has 0 bridgehead atoms. The molecule has 5 heteroatoms. The molecule has 244 valence electrons. The largest absolute Gasteiger partial charge is 0.456 e. The Kier molecular flexibility index (Phi) is 6.25. The van der Waals surface area contributed by atoms with Crippen LogP contribution in [0.2, 0.25) is 0 Å². The molecule has 1 N–H and O–H groups in total. The second-order valence-electron chi connectivity index (χ2n) is 13.4. The van der Waals surface area contributed by atoms with E-state index in [2.05, 4.69) is 121 Å². The second kappa shape index (κ2) is 11.3. The summed E-state index contributed by atoms with van der Waals surface area (Å²) in [6, 6.07) is 57.0. The van der Waals surface area contributed by atoms with Crippen LogP contribution >= 0.6 is 0 Å². The Morgan fingerprint density at radius 3 is 1.75 bits per heavy atom. The van der Waals surface area contributed by atoms with Crippen molar-refractivity contribution in [2.45, 2.75) is 6.17 Å². The van der Waals surface area contributed by atoms with E-state index in [4.69, 9.17) is 18.8 Å². The fourth-order valence-corrected chi connectivity index (χ4v) is 7.80. The van der Waals surface area contributed by atoms with Gasteiger partial charge in [0.1, 0.15) is 34.3 Å². The third-order valence-electron chi connectivity index (χ3n) is 10.3. The normalized spacial score (nSPS) is 14.7.